The summed E-state index contributed by atoms with van der Waals surface area (Å²) in [5.41, 5.74) is 2.06. The number of rotatable bonds is 10. The SMILES string of the molecule is COc1ccc(Nc2nc(Nc3cc(OCC(=O)O)ccc3C)ncc2Cl)c(NS(C)(=O)=O)c1. The van der Waals surface area contributed by atoms with E-state index in [-0.39, 0.29) is 22.5 Å². The molecule has 1 aromatic heterocycles. The smallest absolute Gasteiger partial charge is 0.341 e. The standard InChI is InChI=1S/C21H22ClN5O6S/c1-12-4-5-14(33-11-19(28)29)9-17(12)25-21-23-10-15(22)20(26-21)24-16-7-6-13(32-2)8-18(16)27-34(3,30)31/h4-10,27H,11H2,1-3H3,(H,28,29)(H2,23,24,25,26). The van der Waals surface area contributed by atoms with Crippen LogP contribution in [-0.4, -0.2) is 49.4 Å². The molecule has 4 N–H and O–H groups in total. The van der Waals surface area contributed by atoms with Crippen molar-refractivity contribution >= 4 is 56.4 Å². The van der Waals surface area contributed by atoms with Gasteiger partial charge in [0.05, 0.1) is 30.9 Å². The molecule has 0 aliphatic heterocycles. The first-order valence-electron chi connectivity index (χ1n) is 9.71. The van der Waals surface area contributed by atoms with Gasteiger partial charge in [-0.15, -0.1) is 0 Å². The van der Waals surface area contributed by atoms with E-state index in [9.17, 15) is 13.2 Å². The molecule has 0 unspecified atom stereocenters. The van der Waals surface area contributed by atoms with Crippen molar-refractivity contribution in [3.63, 3.8) is 0 Å². The number of aryl methyl sites for hydroxylation is 1. The Bertz CT molecular complexity index is 1320. The number of carboxylic acids is 1. The Labute approximate surface area is 201 Å². The normalized spacial score (nSPS) is 10.9. The Hall–Kier alpha value is -3.77. The average molecular weight is 508 g/mol. The van der Waals surface area contributed by atoms with E-state index >= 15 is 0 Å². The van der Waals surface area contributed by atoms with Crippen LogP contribution < -0.4 is 24.8 Å². The minimum absolute atomic E-state index is 0.191. The molecule has 3 rings (SSSR count). The van der Waals surface area contributed by atoms with E-state index in [1.807, 2.05) is 6.92 Å². The van der Waals surface area contributed by atoms with E-state index in [0.717, 1.165) is 11.8 Å². The molecule has 11 nitrogen and oxygen atoms in total. The lowest BCUT2D eigenvalue weighted by Crippen LogP contribution is -2.12. The number of carbonyl (C=O) groups is 1. The summed E-state index contributed by atoms with van der Waals surface area (Å²) in [5, 5.41) is 15.0. The van der Waals surface area contributed by atoms with E-state index in [2.05, 4.69) is 25.3 Å². The third-order valence-electron chi connectivity index (χ3n) is 4.34. The zero-order valence-electron chi connectivity index (χ0n) is 18.4. The molecule has 2 aromatic carbocycles. The van der Waals surface area contributed by atoms with Crippen LogP contribution in [0, 0.1) is 6.92 Å². The molecule has 0 atom stereocenters. The average Bonchev–Trinajstić information content (AvgIpc) is 2.76. The molecule has 180 valence electrons. The first-order valence-corrected chi connectivity index (χ1v) is 12.0. The maximum absolute atomic E-state index is 11.8. The fraction of sp³-hybridized carbons (Fsp3) is 0.190. The van der Waals surface area contributed by atoms with Crippen LogP contribution in [0.3, 0.4) is 0 Å². The van der Waals surface area contributed by atoms with Crippen molar-refractivity contribution in [3.05, 3.63) is 53.2 Å². The first-order chi connectivity index (χ1) is 16.0. The topological polar surface area (TPSA) is 152 Å². The van der Waals surface area contributed by atoms with Gasteiger partial charge in [-0.1, -0.05) is 17.7 Å². The van der Waals surface area contributed by atoms with Crippen molar-refractivity contribution < 1.29 is 27.8 Å². The highest BCUT2D eigenvalue weighted by molar-refractivity contribution is 7.92. The zero-order chi connectivity index (χ0) is 24.9. The molecule has 1 heterocycles. The maximum atomic E-state index is 11.8. The molecule has 34 heavy (non-hydrogen) atoms. The van der Waals surface area contributed by atoms with Gasteiger partial charge in [0.1, 0.15) is 16.5 Å². The number of anilines is 5. The van der Waals surface area contributed by atoms with Gasteiger partial charge >= 0.3 is 5.97 Å². The molecular formula is C21H22ClN5O6S. The van der Waals surface area contributed by atoms with E-state index in [4.69, 9.17) is 26.2 Å². The van der Waals surface area contributed by atoms with Crippen LogP contribution in [0.5, 0.6) is 11.5 Å². The van der Waals surface area contributed by atoms with Crippen molar-refractivity contribution in [1.82, 2.24) is 9.97 Å². The number of methoxy groups -OCH3 is 1. The van der Waals surface area contributed by atoms with Gasteiger partial charge in [-0.25, -0.2) is 18.2 Å². The number of ether oxygens (including phenoxy) is 2. The number of hydrogen-bond donors (Lipinski definition) is 4. The van der Waals surface area contributed by atoms with Gasteiger partial charge in [-0.2, -0.15) is 4.98 Å². The molecule has 0 aliphatic rings. The third-order valence-corrected chi connectivity index (χ3v) is 5.20. The van der Waals surface area contributed by atoms with E-state index in [1.54, 1.807) is 30.3 Å². The predicted molar refractivity (Wildman–Crippen MR) is 129 cm³/mol. The minimum atomic E-state index is -3.57. The van der Waals surface area contributed by atoms with Gasteiger partial charge in [-0.3, -0.25) is 4.72 Å². The van der Waals surface area contributed by atoms with Crippen molar-refractivity contribution in [3.8, 4) is 11.5 Å². The Morgan fingerprint density at radius 1 is 1.09 bits per heavy atom. The van der Waals surface area contributed by atoms with Crippen LogP contribution in [0.1, 0.15) is 5.56 Å². The van der Waals surface area contributed by atoms with E-state index in [0.29, 0.717) is 22.9 Å². The number of sulfonamides is 1. The van der Waals surface area contributed by atoms with Crippen LogP contribution in [0.25, 0.3) is 0 Å². The van der Waals surface area contributed by atoms with Gasteiger partial charge in [0.2, 0.25) is 16.0 Å². The maximum Gasteiger partial charge on any atom is 0.341 e. The first kappa shape index (κ1) is 24.9. The van der Waals surface area contributed by atoms with Crippen LogP contribution in [0.4, 0.5) is 28.8 Å². The lowest BCUT2D eigenvalue weighted by molar-refractivity contribution is -0.139. The second-order valence-electron chi connectivity index (χ2n) is 7.09. The van der Waals surface area contributed by atoms with Gasteiger partial charge < -0.3 is 25.2 Å². The lowest BCUT2D eigenvalue weighted by Gasteiger charge is -2.15. The van der Waals surface area contributed by atoms with Gasteiger partial charge in [-0.05, 0) is 30.7 Å². The monoisotopic (exact) mass is 507 g/mol. The summed E-state index contributed by atoms with van der Waals surface area (Å²) < 4.78 is 36.4. The van der Waals surface area contributed by atoms with Gasteiger partial charge in [0.25, 0.3) is 0 Å². The molecule has 0 bridgehead atoms. The Morgan fingerprint density at radius 3 is 2.47 bits per heavy atom. The Kier molecular flexibility index (Phi) is 7.64. The molecule has 13 heteroatoms. The van der Waals surface area contributed by atoms with Crippen molar-refractivity contribution in [2.75, 3.05) is 35.3 Å². The number of carboxylic acid groups (broad SMARTS) is 1. The highest BCUT2D eigenvalue weighted by atomic mass is 35.5. The number of nitrogens with one attached hydrogen (secondary N) is 3. The van der Waals surface area contributed by atoms with Crippen LogP contribution in [-0.2, 0) is 14.8 Å². The highest BCUT2D eigenvalue weighted by Crippen LogP contribution is 2.33. The minimum Gasteiger partial charge on any atom is -0.497 e. The summed E-state index contributed by atoms with van der Waals surface area (Å²) in [4.78, 5) is 19.3. The molecular weight excluding hydrogens is 486 g/mol. The third kappa shape index (κ3) is 6.86. The van der Waals surface area contributed by atoms with Crippen LogP contribution in [0.2, 0.25) is 5.02 Å². The Balaban J connectivity index is 1.88. The number of halogens is 1. The molecule has 0 amide bonds. The molecule has 0 radical (unpaired) electrons. The molecule has 0 saturated heterocycles. The summed E-state index contributed by atoms with van der Waals surface area (Å²) in [5.74, 6) is 0.134. The number of hydrogen-bond acceptors (Lipinski definition) is 9. The van der Waals surface area contributed by atoms with Crippen LogP contribution >= 0.6 is 11.6 Å². The second kappa shape index (κ2) is 10.4. The summed E-state index contributed by atoms with van der Waals surface area (Å²) >= 11 is 6.27. The van der Waals surface area contributed by atoms with Crippen molar-refractivity contribution in [2.24, 2.45) is 0 Å². The van der Waals surface area contributed by atoms with E-state index < -0.39 is 22.6 Å². The fourth-order valence-electron chi connectivity index (χ4n) is 2.78. The Morgan fingerprint density at radius 2 is 1.79 bits per heavy atom. The summed E-state index contributed by atoms with van der Waals surface area (Å²) in [7, 11) is -2.10. The predicted octanol–water partition coefficient (Wildman–Crippen LogP) is 3.77. The van der Waals surface area contributed by atoms with Gasteiger partial charge in [0.15, 0.2) is 12.4 Å². The number of nitrogens with zero attached hydrogens (tertiary/aromatic N) is 2. The summed E-state index contributed by atoms with van der Waals surface area (Å²) in [6.07, 6.45) is 2.42. The quantitative estimate of drug-likeness (QED) is 0.319. The van der Waals surface area contributed by atoms with Crippen molar-refractivity contribution in [2.45, 2.75) is 6.92 Å². The number of benzene rings is 2. The largest absolute Gasteiger partial charge is 0.497 e. The number of aromatic nitrogens is 2. The lowest BCUT2D eigenvalue weighted by atomic mass is 10.2. The molecule has 0 fully saturated rings. The fourth-order valence-corrected chi connectivity index (χ4v) is 3.48. The molecule has 3 aromatic rings. The van der Waals surface area contributed by atoms with Crippen molar-refractivity contribution in [1.29, 1.82) is 0 Å². The zero-order valence-corrected chi connectivity index (χ0v) is 20.0. The van der Waals surface area contributed by atoms with Gasteiger partial charge in [0, 0.05) is 17.8 Å². The molecule has 0 saturated carbocycles. The molecule has 0 spiro atoms. The summed E-state index contributed by atoms with van der Waals surface area (Å²) in [6.45, 7) is 1.37. The second-order valence-corrected chi connectivity index (χ2v) is 9.24. The summed E-state index contributed by atoms with van der Waals surface area (Å²) in [6, 6.07) is 9.82. The van der Waals surface area contributed by atoms with Crippen LogP contribution in [0.15, 0.2) is 42.6 Å². The van der Waals surface area contributed by atoms with E-state index in [1.165, 1.54) is 19.4 Å². The highest BCUT2D eigenvalue weighted by Gasteiger charge is 2.13. The number of aliphatic carboxylic acids is 1. The molecule has 0 aliphatic carbocycles.